The van der Waals surface area contributed by atoms with Crippen molar-refractivity contribution < 1.29 is 0 Å². The number of unbranched alkanes of at least 4 members (excludes halogenated alkanes) is 1. The Labute approximate surface area is 79.5 Å². The number of hydrogen-bond acceptors (Lipinski definition) is 2. The maximum Gasteiger partial charge on any atom is 0.0538 e. The van der Waals surface area contributed by atoms with Crippen LogP contribution in [0.4, 0.5) is 0 Å². The van der Waals surface area contributed by atoms with Gasteiger partial charge < -0.3 is 5.84 Å². The topological polar surface area (TPSA) is 38.4 Å². The Morgan fingerprint density at radius 1 is 1.31 bits per heavy atom. The summed E-state index contributed by atoms with van der Waals surface area (Å²) in [7, 11) is 0. The zero-order valence-electron chi connectivity index (χ0n) is 8.03. The molecule has 0 saturated carbocycles. The van der Waals surface area contributed by atoms with Gasteiger partial charge in [-0.25, -0.2) is 0 Å². The van der Waals surface area contributed by atoms with E-state index >= 15 is 0 Å². The molecule has 0 atom stereocenters. The van der Waals surface area contributed by atoms with Crippen molar-refractivity contribution in [3.63, 3.8) is 0 Å². The lowest BCUT2D eigenvalue weighted by atomic mass is 10.1. The quantitative estimate of drug-likeness (QED) is 0.427. The van der Waals surface area contributed by atoms with Crippen LogP contribution in [0.5, 0.6) is 0 Å². The van der Waals surface area contributed by atoms with Crippen molar-refractivity contribution in [1.82, 2.24) is 0 Å². The molecule has 2 N–H and O–H groups in total. The predicted octanol–water partition coefficient (Wildman–Crippen LogP) is 2.32. The Kier molecular flexibility index (Phi) is 4.03. The number of benzene rings is 1. The van der Waals surface area contributed by atoms with E-state index in [0.717, 1.165) is 12.0 Å². The summed E-state index contributed by atoms with van der Waals surface area (Å²) in [6.45, 7) is 2.20. The van der Waals surface area contributed by atoms with Gasteiger partial charge in [0.05, 0.1) is 6.21 Å². The molecule has 0 aliphatic heterocycles. The summed E-state index contributed by atoms with van der Waals surface area (Å²) in [5, 5.41) is 3.47. The van der Waals surface area contributed by atoms with Gasteiger partial charge in [0.1, 0.15) is 0 Å². The van der Waals surface area contributed by atoms with Crippen LogP contribution in [-0.4, -0.2) is 6.21 Å². The van der Waals surface area contributed by atoms with E-state index in [1.165, 1.54) is 18.4 Å². The zero-order chi connectivity index (χ0) is 9.52. The van der Waals surface area contributed by atoms with Crippen LogP contribution < -0.4 is 5.84 Å². The van der Waals surface area contributed by atoms with Crippen molar-refractivity contribution in [3.05, 3.63) is 35.4 Å². The van der Waals surface area contributed by atoms with E-state index in [4.69, 9.17) is 5.84 Å². The molecule has 2 nitrogen and oxygen atoms in total. The second-order valence-corrected chi connectivity index (χ2v) is 3.12. The summed E-state index contributed by atoms with van der Waals surface area (Å²) in [6, 6.07) is 8.35. The summed E-state index contributed by atoms with van der Waals surface area (Å²) in [4.78, 5) is 0. The van der Waals surface area contributed by atoms with E-state index in [1.54, 1.807) is 6.21 Å². The van der Waals surface area contributed by atoms with E-state index in [2.05, 4.69) is 24.2 Å². The van der Waals surface area contributed by atoms with Gasteiger partial charge in [0.25, 0.3) is 0 Å². The molecule has 13 heavy (non-hydrogen) atoms. The summed E-state index contributed by atoms with van der Waals surface area (Å²) in [5.41, 5.74) is 2.44. The minimum absolute atomic E-state index is 1.06. The molecule has 1 aromatic rings. The molecule has 0 fully saturated rings. The standard InChI is InChI=1S/C11H16N2/c1-2-3-4-10-5-7-11(8-6-10)9-13-12/h5-9H,2-4,12H2,1H3/b13-9+. The Balaban J connectivity index is 2.58. The van der Waals surface area contributed by atoms with Gasteiger partial charge in [-0.15, -0.1) is 0 Å². The molecule has 0 aliphatic carbocycles. The summed E-state index contributed by atoms with van der Waals surface area (Å²) >= 11 is 0. The molecule has 0 aromatic heterocycles. The molecule has 0 spiro atoms. The first-order chi connectivity index (χ1) is 6.36. The third-order valence-electron chi connectivity index (χ3n) is 2.02. The molecule has 0 bridgehead atoms. The number of rotatable bonds is 4. The molecule has 0 heterocycles. The largest absolute Gasteiger partial charge is 0.323 e. The van der Waals surface area contributed by atoms with Crippen molar-refractivity contribution in [3.8, 4) is 0 Å². The molecule has 1 aromatic carbocycles. The van der Waals surface area contributed by atoms with E-state index in [9.17, 15) is 0 Å². The minimum Gasteiger partial charge on any atom is -0.323 e. The maximum absolute atomic E-state index is 5.05. The Morgan fingerprint density at radius 3 is 2.54 bits per heavy atom. The number of hydrogen-bond donors (Lipinski definition) is 1. The van der Waals surface area contributed by atoms with Crippen molar-refractivity contribution >= 4 is 6.21 Å². The van der Waals surface area contributed by atoms with Crippen LogP contribution in [0.3, 0.4) is 0 Å². The lowest BCUT2D eigenvalue weighted by molar-refractivity contribution is 0.795. The highest BCUT2D eigenvalue weighted by Gasteiger charge is 1.91. The van der Waals surface area contributed by atoms with Crippen molar-refractivity contribution in [2.24, 2.45) is 10.9 Å². The van der Waals surface area contributed by atoms with E-state index in [1.807, 2.05) is 12.1 Å². The van der Waals surface area contributed by atoms with Gasteiger partial charge in [-0.3, -0.25) is 0 Å². The maximum atomic E-state index is 5.05. The summed E-state index contributed by atoms with van der Waals surface area (Å²) < 4.78 is 0. The fraction of sp³-hybridized carbons (Fsp3) is 0.364. The minimum atomic E-state index is 1.06. The second-order valence-electron chi connectivity index (χ2n) is 3.12. The Hall–Kier alpha value is -1.31. The number of nitrogens with zero attached hydrogens (tertiary/aromatic N) is 1. The van der Waals surface area contributed by atoms with Gasteiger partial charge in [0.15, 0.2) is 0 Å². The molecule has 0 amide bonds. The van der Waals surface area contributed by atoms with Gasteiger partial charge in [0, 0.05) is 0 Å². The number of hydrazone groups is 1. The van der Waals surface area contributed by atoms with Gasteiger partial charge in [0.2, 0.25) is 0 Å². The van der Waals surface area contributed by atoms with Gasteiger partial charge >= 0.3 is 0 Å². The lowest BCUT2D eigenvalue weighted by Crippen LogP contribution is -1.88. The molecule has 1 rings (SSSR count). The normalized spacial score (nSPS) is 10.8. The fourth-order valence-electron chi connectivity index (χ4n) is 1.24. The van der Waals surface area contributed by atoms with Gasteiger partial charge in [-0.1, -0.05) is 37.6 Å². The fourth-order valence-corrected chi connectivity index (χ4v) is 1.24. The van der Waals surface area contributed by atoms with Gasteiger partial charge in [-0.2, -0.15) is 5.10 Å². The van der Waals surface area contributed by atoms with Crippen LogP contribution in [0.25, 0.3) is 0 Å². The molecule has 2 heteroatoms. The first-order valence-electron chi connectivity index (χ1n) is 4.69. The van der Waals surface area contributed by atoms with Gasteiger partial charge in [-0.05, 0) is 24.0 Å². The summed E-state index contributed by atoms with van der Waals surface area (Å²) in [6.07, 6.45) is 5.32. The molecule has 70 valence electrons. The third-order valence-corrected chi connectivity index (χ3v) is 2.02. The first kappa shape index (κ1) is 9.78. The molecular weight excluding hydrogens is 160 g/mol. The van der Waals surface area contributed by atoms with Crippen molar-refractivity contribution in [1.29, 1.82) is 0 Å². The van der Waals surface area contributed by atoms with Crippen LogP contribution in [0.1, 0.15) is 30.9 Å². The molecular formula is C11H16N2. The Morgan fingerprint density at radius 2 is 2.00 bits per heavy atom. The molecule has 0 saturated heterocycles. The monoisotopic (exact) mass is 176 g/mol. The van der Waals surface area contributed by atoms with E-state index < -0.39 is 0 Å². The number of nitrogens with two attached hydrogens (primary N) is 1. The second kappa shape index (κ2) is 5.36. The van der Waals surface area contributed by atoms with Crippen LogP contribution in [-0.2, 0) is 6.42 Å². The molecule has 0 radical (unpaired) electrons. The van der Waals surface area contributed by atoms with Crippen LogP contribution in [0.2, 0.25) is 0 Å². The van der Waals surface area contributed by atoms with E-state index in [0.29, 0.717) is 0 Å². The van der Waals surface area contributed by atoms with Crippen LogP contribution in [0.15, 0.2) is 29.4 Å². The highest BCUT2D eigenvalue weighted by atomic mass is 15.1. The number of aryl methyl sites for hydroxylation is 1. The Bertz CT molecular complexity index is 262. The first-order valence-corrected chi connectivity index (χ1v) is 4.69. The SMILES string of the molecule is CCCCc1ccc(/C=N/N)cc1. The highest BCUT2D eigenvalue weighted by Crippen LogP contribution is 2.06. The van der Waals surface area contributed by atoms with Crippen molar-refractivity contribution in [2.75, 3.05) is 0 Å². The van der Waals surface area contributed by atoms with Crippen LogP contribution >= 0.6 is 0 Å². The molecule has 0 aliphatic rings. The predicted molar refractivity (Wildman–Crippen MR) is 56.8 cm³/mol. The van der Waals surface area contributed by atoms with Crippen LogP contribution in [0, 0.1) is 0 Å². The average Bonchev–Trinajstić information content (AvgIpc) is 2.17. The summed E-state index contributed by atoms with van der Waals surface area (Å²) in [5.74, 6) is 5.05. The zero-order valence-corrected chi connectivity index (χ0v) is 8.03. The average molecular weight is 176 g/mol. The third kappa shape index (κ3) is 3.28. The highest BCUT2D eigenvalue weighted by molar-refractivity contribution is 5.79. The lowest BCUT2D eigenvalue weighted by Gasteiger charge is -1.99. The van der Waals surface area contributed by atoms with E-state index in [-0.39, 0.29) is 0 Å². The van der Waals surface area contributed by atoms with Crippen molar-refractivity contribution in [2.45, 2.75) is 26.2 Å². The molecule has 0 unspecified atom stereocenters. The smallest absolute Gasteiger partial charge is 0.0538 e.